The summed E-state index contributed by atoms with van der Waals surface area (Å²) in [6.07, 6.45) is 0. The largest absolute Gasteiger partial charge is 0.480 e. The van der Waals surface area contributed by atoms with Crippen LogP contribution in [-0.2, 0) is 4.79 Å². The normalized spacial score (nSPS) is 12.1. The van der Waals surface area contributed by atoms with E-state index in [0.29, 0.717) is 11.1 Å². The number of hydrogen-bond acceptors (Lipinski definition) is 5. The summed E-state index contributed by atoms with van der Waals surface area (Å²) < 4.78 is 5.13. The molecule has 1 unspecified atom stereocenters. The van der Waals surface area contributed by atoms with Crippen LogP contribution in [0, 0.1) is 13.8 Å². The molecule has 1 atom stereocenters. The van der Waals surface area contributed by atoms with E-state index in [1.54, 1.807) is 50.2 Å². The van der Waals surface area contributed by atoms with Crippen LogP contribution in [0.1, 0.15) is 33.1 Å². The van der Waals surface area contributed by atoms with Crippen LogP contribution in [0.15, 0.2) is 51.7 Å². The third-order valence-electron chi connectivity index (χ3n) is 3.96. The van der Waals surface area contributed by atoms with Crippen LogP contribution in [-0.4, -0.2) is 21.8 Å². The van der Waals surface area contributed by atoms with Crippen molar-refractivity contribution >= 4 is 22.9 Å². The average Bonchev–Trinajstić information content (AvgIpc) is 2.57. The number of carboxylic acids is 1. The molecule has 6 heteroatoms. The number of nitrogens with zero attached hydrogens (tertiary/aromatic N) is 1. The molecule has 0 saturated carbocycles. The highest BCUT2D eigenvalue weighted by Gasteiger charge is 2.34. The number of aromatic nitrogens is 1. The molecule has 0 aliphatic carbocycles. The van der Waals surface area contributed by atoms with Crippen LogP contribution < -0.4 is 5.63 Å². The summed E-state index contributed by atoms with van der Waals surface area (Å²) in [4.78, 5) is 40.9. The smallest absolute Gasteiger partial charge is 0.359 e. The molecule has 6 nitrogen and oxygen atoms in total. The Morgan fingerprint density at radius 2 is 1.84 bits per heavy atom. The summed E-state index contributed by atoms with van der Waals surface area (Å²) in [5.74, 6) is -3.86. The Bertz CT molecular complexity index is 1050. The van der Waals surface area contributed by atoms with Crippen molar-refractivity contribution in [1.29, 1.82) is 0 Å². The Morgan fingerprint density at radius 1 is 1.12 bits per heavy atom. The predicted molar refractivity (Wildman–Crippen MR) is 90.9 cm³/mol. The van der Waals surface area contributed by atoms with Crippen molar-refractivity contribution in [2.75, 3.05) is 0 Å². The fourth-order valence-corrected chi connectivity index (χ4v) is 2.66. The zero-order valence-corrected chi connectivity index (χ0v) is 13.6. The van der Waals surface area contributed by atoms with E-state index >= 15 is 0 Å². The van der Waals surface area contributed by atoms with Gasteiger partial charge in [0.2, 0.25) is 0 Å². The molecule has 0 fully saturated rings. The van der Waals surface area contributed by atoms with E-state index in [4.69, 9.17) is 4.42 Å². The van der Waals surface area contributed by atoms with Gasteiger partial charge in [-0.1, -0.05) is 29.8 Å². The van der Waals surface area contributed by atoms with Gasteiger partial charge in [-0.25, -0.2) is 9.78 Å². The minimum atomic E-state index is -1.72. The molecule has 1 N–H and O–H groups in total. The number of aliphatic carboxylic acids is 1. The summed E-state index contributed by atoms with van der Waals surface area (Å²) in [6.45, 7) is 3.51. The summed E-state index contributed by atoms with van der Waals surface area (Å²) in [5.41, 5.74) is 0.906. The van der Waals surface area contributed by atoms with Crippen LogP contribution in [0.3, 0.4) is 0 Å². The third-order valence-corrected chi connectivity index (χ3v) is 3.96. The van der Waals surface area contributed by atoms with E-state index in [2.05, 4.69) is 4.98 Å². The lowest BCUT2D eigenvalue weighted by atomic mass is 9.91. The minimum absolute atomic E-state index is 0.236. The van der Waals surface area contributed by atoms with Crippen molar-refractivity contribution in [3.8, 4) is 0 Å². The Morgan fingerprint density at radius 3 is 2.56 bits per heavy atom. The molecule has 0 saturated heterocycles. The SMILES string of the molecule is Cc1ccc(C)c(C(=O)C(C(=O)O)c2nc3ccccc3oc2=O)c1. The maximum absolute atomic E-state index is 12.8. The maximum Gasteiger partial charge on any atom is 0.359 e. The lowest BCUT2D eigenvalue weighted by Gasteiger charge is -2.12. The average molecular weight is 337 g/mol. The maximum atomic E-state index is 12.8. The van der Waals surface area contributed by atoms with Gasteiger partial charge < -0.3 is 9.52 Å². The number of ketones is 1. The molecule has 25 heavy (non-hydrogen) atoms. The van der Waals surface area contributed by atoms with E-state index in [0.717, 1.165) is 5.56 Å². The standard InChI is InChI=1S/C19H15NO5/c1-10-7-8-11(2)12(9-10)17(21)15(18(22)23)16-19(24)25-14-6-4-3-5-13(14)20-16/h3-9,15H,1-2H3,(H,22,23). The summed E-state index contributed by atoms with van der Waals surface area (Å²) in [6, 6.07) is 11.7. The van der Waals surface area contributed by atoms with Crippen molar-refractivity contribution in [3.63, 3.8) is 0 Å². The fourth-order valence-electron chi connectivity index (χ4n) is 2.66. The zero-order valence-electron chi connectivity index (χ0n) is 13.6. The van der Waals surface area contributed by atoms with Gasteiger partial charge in [0, 0.05) is 5.56 Å². The Kier molecular flexibility index (Phi) is 4.19. The Hall–Kier alpha value is -3.28. The number of para-hydroxylation sites is 2. The van der Waals surface area contributed by atoms with Gasteiger partial charge in [0.15, 0.2) is 17.3 Å². The molecule has 3 rings (SSSR count). The molecular weight excluding hydrogens is 322 g/mol. The van der Waals surface area contributed by atoms with Gasteiger partial charge >= 0.3 is 11.6 Å². The fraction of sp³-hybridized carbons (Fsp3) is 0.158. The number of hydrogen-bond donors (Lipinski definition) is 1. The number of rotatable bonds is 4. The zero-order chi connectivity index (χ0) is 18.1. The topological polar surface area (TPSA) is 97.5 Å². The molecule has 0 bridgehead atoms. The lowest BCUT2D eigenvalue weighted by molar-refractivity contribution is -0.137. The molecule has 3 aromatic rings. The number of carbonyl (C=O) groups is 2. The van der Waals surface area contributed by atoms with Gasteiger partial charge in [0.05, 0.1) is 0 Å². The highest BCUT2D eigenvalue weighted by molar-refractivity contribution is 6.13. The van der Waals surface area contributed by atoms with Crippen LogP contribution >= 0.6 is 0 Å². The molecule has 2 aromatic carbocycles. The lowest BCUT2D eigenvalue weighted by Crippen LogP contribution is -2.29. The minimum Gasteiger partial charge on any atom is -0.480 e. The number of fused-ring (bicyclic) bond motifs is 1. The molecule has 0 radical (unpaired) electrons. The molecule has 1 aromatic heterocycles. The molecule has 1 heterocycles. The quantitative estimate of drug-likeness (QED) is 0.581. The Labute approximate surface area is 142 Å². The summed E-state index contributed by atoms with van der Waals surface area (Å²) in [5, 5.41) is 9.57. The molecule has 126 valence electrons. The van der Waals surface area contributed by atoms with Gasteiger partial charge in [-0.2, -0.15) is 0 Å². The molecule has 0 amide bonds. The van der Waals surface area contributed by atoms with Crippen molar-refractivity contribution in [3.05, 3.63) is 75.3 Å². The van der Waals surface area contributed by atoms with Crippen LogP contribution in [0.4, 0.5) is 0 Å². The monoisotopic (exact) mass is 337 g/mol. The third kappa shape index (κ3) is 3.06. The van der Waals surface area contributed by atoms with Gasteiger partial charge in [0.1, 0.15) is 11.2 Å². The predicted octanol–water partition coefficient (Wildman–Crippen LogP) is 2.86. The summed E-state index contributed by atoms with van der Waals surface area (Å²) in [7, 11) is 0. The second-order valence-electron chi connectivity index (χ2n) is 5.81. The van der Waals surface area contributed by atoms with Crippen molar-refractivity contribution in [1.82, 2.24) is 4.98 Å². The number of benzene rings is 2. The first-order valence-electron chi connectivity index (χ1n) is 7.62. The number of aryl methyl sites for hydroxylation is 2. The van der Waals surface area contributed by atoms with E-state index in [1.165, 1.54) is 0 Å². The van der Waals surface area contributed by atoms with E-state index in [1.807, 2.05) is 6.07 Å². The second-order valence-corrected chi connectivity index (χ2v) is 5.81. The molecular formula is C19H15NO5. The van der Waals surface area contributed by atoms with Gasteiger partial charge in [-0.15, -0.1) is 0 Å². The molecule has 0 aliphatic heterocycles. The first-order chi connectivity index (χ1) is 11.9. The number of Topliss-reactive ketones (excluding diaryl/α,β-unsaturated/α-hetero) is 1. The van der Waals surface area contributed by atoms with Crippen LogP contribution in [0.5, 0.6) is 0 Å². The first-order valence-corrected chi connectivity index (χ1v) is 7.62. The van der Waals surface area contributed by atoms with Crippen LogP contribution in [0.25, 0.3) is 11.1 Å². The molecule has 0 spiro atoms. The van der Waals surface area contributed by atoms with Crippen molar-refractivity contribution in [2.45, 2.75) is 19.8 Å². The van der Waals surface area contributed by atoms with Gasteiger partial charge in [-0.3, -0.25) is 9.59 Å². The molecule has 0 aliphatic rings. The first kappa shape index (κ1) is 16.6. The highest BCUT2D eigenvalue weighted by Crippen LogP contribution is 2.22. The van der Waals surface area contributed by atoms with Gasteiger partial charge in [-0.05, 0) is 37.6 Å². The van der Waals surface area contributed by atoms with E-state index < -0.39 is 29.0 Å². The van der Waals surface area contributed by atoms with E-state index in [-0.39, 0.29) is 11.1 Å². The van der Waals surface area contributed by atoms with Crippen LogP contribution in [0.2, 0.25) is 0 Å². The van der Waals surface area contributed by atoms with Crippen molar-refractivity contribution < 1.29 is 19.1 Å². The number of carboxylic acid groups (broad SMARTS) is 1. The van der Waals surface area contributed by atoms with Gasteiger partial charge in [0.25, 0.3) is 0 Å². The second kappa shape index (κ2) is 6.32. The van der Waals surface area contributed by atoms with Crippen molar-refractivity contribution in [2.24, 2.45) is 0 Å². The summed E-state index contributed by atoms with van der Waals surface area (Å²) >= 11 is 0. The highest BCUT2D eigenvalue weighted by atomic mass is 16.4. The van der Waals surface area contributed by atoms with E-state index in [9.17, 15) is 19.5 Å². The Balaban J connectivity index is 2.18. The number of carbonyl (C=O) groups excluding carboxylic acids is 1.